The summed E-state index contributed by atoms with van der Waals surface area (Å²) in [6, 6.07) is 6.92. The van der Waals surface area contributed by atoms with E-state index in [0.717, 1.165) is 0 Å². The van der Waals surface area contributed by atoms with Gasteiger partial charge in [0.2, 0.25) is 0 Å². The zero-order valence-electron chi connectivity index (χ0n) is 9.25. The van der Waals surface area contributed by atoms with Gasteiger partial charge in [-0.25, -0.2) is 4.79 Å². The fourth-order valence-electron chi connectivity index (χ4n) is 1.67. The van der Waals surface area contributed by atoms with Crippen LogP contribution in [0.3, 0.4) is 0 Å². The van der Waals surface area contributed by atoms with Crippen molar-refractivity contribution >= 4 is 6.16 Å². The van der Waals surface area contributed by atoms with Crippen LogP contribution in [0.15, 0.2) is 36.6 Å². The largest absolute Gasteiger partial charge is 0.514 e. The molecule has 0 unspecified atom stereocenters. The van der Waals surface area contributed by atoms with Crippen LogP contribution in [-0.4, -0.2) is 24.5 Å². The molecular formula is C12H12O5. The Balaban J connectivity index is 2.27. The van der Waals surface area contributed by atoms with E-state index in [1.54, 1.807) is 24.3 Å². The highest BCUT2D eigenvalue weighted by atomic mass is 16.8. The molecule has 1 aliphatic rings. The molecule has 2 atom stereocenters. The molecule has 0 radical (unpaired) electrons. The summed E-state index contributed by atoms with van der Waals surface area (Å²) in [6.45, 7) is 3.52. The first-order valence-electron chi connectivity index (χ1n) is 5.01. The lowest BCUT2D eigenvalue weighted by molar-refractivity contribution is 0.0389. The summed E-state index contributed by atoms with van der Waals surface area (Å²) in [5, 5.41) is 10.1. The molecule has 2 rings (SSSR count). The van der Waals surface area contributed by atoms with E-state index in [2.05, 4.69) is 11.3 Å². The zero-order chi connectivity index (χ0) is 12.4. The normalized spacial score (nSPS) is 20.7. The standard InChI is InChI=1S/C12H12O5/c1-7-11(17-12(14)16-7)10(13)8-5-3-4-6-9(8)15-2/h3-6,10-11,13H,1H2,2H3/t10-,11+/m1/s1. The number of ether oxygens (including phenoxy) is 3. The highest BCUT2D eigenvalue weighted by Gasteiger charge is 2.37. The number of methoxy groups -OCH3 is 1. The Morgan fingerprint density at radius 2 is 2.18 bits per heavy atom. The lowest BCUT2D eigenvalue weighted by Gasteiger charge is -2.18. The number of rotatable bonds is 3. The Kier molecular flexibility index (Phi) is 3.01. The molecule has 0 spiro atoms. The summed E-state index contributed by atoms with van der Waals surface area (Å²) in [5.74, 6) is 0.601. The van der Waals surface area contributed by atoms with Crippen molar-refractivity contribution in [3.05, 3.63) is 42.2 Å². The van der Waals surface area contributed by atoms with Gasteiger partial charge in [-0.3, -0.25) is 0 Å². The molecule has 0 aromatic heterocycles. The van der Waals surface area contributed by atoms with Gasteiger partial charge in [-0.2, -0.15) is 0 Å². The van der Waals surface area contributed by atoms with Gasteiger partial charge < -0.3 is 19.3 Å². The zero-order valence-corrected chi connectivity index (χ0v) is 9.25. The van der Waals surface area contributed by atoms with Crippen molar-refractivity contribution in [1.82, 2.24) is 0 Å². The predicted octanol–water partition coefficient (Wildman–Crippen LogP) is 1.78. The third-order valence-electron chi connectivity index (χ3n) is 2.50. The van der Waals surface area contributed by atoms with Gasteiger partial charge in [0.05, 0.1) is 7.11 Å². The quantitative estimate of drug-likeness (QED) is 0.810. The van der Waals surface area contributed by atoms with E-state index in [4.69, 9.17) is 9.47 Å². The van der Waals surface area contributed by atoms with Crippen molar-refractivity contribution in [3.8, 4) is 5.75 Å². The number of aliphatic hydroxyl groups is 1. The molecule has 90 valence electrons. The maximum Gasteiger partial charge on any atom is 0.514 e. The topological polar surface area (TPSA) is 65.0 Å². The molecule has 0 amide bonds. The van der Waals surface area contributed by atoms with Gasteiger partial charge in [0.25, 0.3) is 0 Å². The van der Waals surface area contributed by atoms with Crippen LogP contribution in [0.4, 0.5) is 4.79 Å². The molecule has 1 saturated heterocycles. The van der Waals surface area contributed by atoms with Crippen molar-refractivity contribution in [2.75, 3.05) is 7.11 Å². The molecular weight excluding hydrogens is 224 g/mol. The van der Waals surface area contributed by atoms with Crippen LogP contribution in [0.5, 0.6) is 5.75 Å². The summed E-state index contributed by atoms with van der Waals surface area (Å²) < 4.78 is 14.6. The molecule has 17 heavy (non-hydrogen) atoms. The molecule has 1 fully saturated rings. The monoisotopic (exact) mass is 236 g/mol. The molecule has 0 bridgehead atoms. The average molecular weight is 236 g/mol. The maximum absolute atomic E-state index is 10.9. The van der Waals surface area contributed by atoms with E-state index >= 15 is 0 Å². The van der Waals surface area contributed by atoms with E-state index in [-0.39, 0.29) is 5.76 Å². The summed E-state index contributed by atoms with van der Waals surface area (Å²) >= 11 is 0. The first kappa shape index (κ1) is 11.5. The second kappa shape index (κ2) is 4.47. The van der Waals surface area contributed by atoms with Gasteiger partial charge in [0.1, 0.15) is 17.6 Å². The van der Waals surface area contributed by atoms with Crippen LogP contribution in [0, 0.1) is 0 Å². The number of benzene rings is 1. The van der Waals surface area contributed by atoms with E-state index in [9.17, 15) is 9.90 Å². The van der Waals surface area contributed by atoms with Crippen LogP contribution in [0.1, 0.15) is 11.7 Å². The molecule has 1 heterocycles. The van der Waals surface area contributed by atoms with E-state index < -0.39 is 18.4 Å². The molecule has 1 aliphatic heterocycles. The Morgan fingerprint density at radius 1 is 1.47 bits per heavy atom. The summed E-state index contributed by atoms with van der Waals surface area (Å²) in [7, 11) is 1.50. The molecule has 1 aromatic carbocycles. The lowest BCUT2D eigenvalue weighted by atomic mass is 10.0. The first-order valence-corrected chi connectivity index (χ1v) is 5.01. The number of carbonyl (C=O) groups excluding carboxylic acids is 1. The van der Waals surface area contributed by atoms with E-state index in [1.807, 2.05) is 0 Å². The van der Waals surface area contributed by atoms with Crippen LogP contribution in [-0.2, 0) is 9.47 Å². The second-order valence-electron chi connectivity index (χ2n) is 3.54. The number of hydrogen-bond acceptors (Lipinski definition) is 5. The van der Waals surface area contributed by atoms with Gasteiger partial charge in [-0.1, -0.05) is 24.8 Å². The van der Waals surface area contributed by atoms with Gasteiger partial charge in [-0.15, -0.1) is 0 Å². The number of cyclic esters (lactones) is 2. The minimum Gasteiger partial charge on any atom is -0.496 e. The Labute approximate surface area is 98.2 Å². The van der Waals surface area contributed by atoms with Gasteiger partial charge in [0.15, 0.2) is 6.10 Å². The fourth-order valence-corrected chi connectivity index (χ4v) is 1.67. The van der Waals surface area contributed by atoms with Crippen molar-refractivity contribution in [1.29, 1.82) is 0 Å². The summed E-state index contributed by atoms with van der Waals surface area (Å²) in [5.41, 5.74) is 0.513. The van der Waals surface area contributed by atoms with Gasteiger partial charge >= 0.3 is 6.16 Å². The average Bonchev–Trinajstić information content (AvgIpc) is 2.67. The van der Waals surface area contributed by atoms with E-state index in [0.29, 0.717) is 11.3 Å². The van der Waals surface area contributed by atoms with Crippen molar-refractivity contribution in [2.45, 2.75) is 12.2 Å². The molecule has 1 aromatic rings. The number of carbonyl (C=O) groups is 1. The third-order valence-corrected chi connectivity index (χ3v) is 2.50. The molecule has 5 heteroatoms. The molecule has 0 aliphatic carbocycles. The molecule has 1 N–H and O–H groups in total. The Morgan fingerprint density at radius 3 is 2.76 bits per heavy atom. The minimum atomic E-state index is -1.06. The Bertz CT molecular complexity index is 454. The molecule has 0 saturated carbocycles. The lowest BCUT2D eigenvalue weighted by Crippen LogP contribution is -2.19. The summed E-state index contributed by atoms with van der Waals surface area (Å²) in [4.78, 5) is 10.9. The second-order valence-corrected chi connectivity index (χ2v) is 3.54. The number of para-hydroxylation sites is 1. The van der Waals surface area contributed by atoms with Gasteiger partial charge in [-0.05, 0) is 6.07 Å². The molecule has 5 nitrogen and oxygen atoms in total. The fraction of sp³-hybridized carbons (Fsp3) is 0.250. The highest BCUT2D eigenvalue weighted by molar-refractivity contribution is 5.65. The summed E-state index contributed by atoms with van der Waals surface area (Å²) in [6.07, 6.45) is -2.82. The highest BCUT2D eigenvalue weighted by Crippen LogP contribution is 2.33. The number of aliphatic hydroxyl groups excluding tert-OH is 1. The third kappa shape index (κ3) is 2.09. The van der Waals surface area contributed by atoms with Crippen molar-refractivity contribution in [3.63, 3.8) is 0 Å². The van der Waals surface area contributed by atoms with Crippen LogP contribution >= 0.6 is 0 Å². The van der Waals surface area contributed by atoms with Crippen LogP contribution < -0.4 is 4.74 Å². The van der Waals surface area contributed by atoms with Crippen molar-refractivity contribution in [2.24, 2.45) is 0 Å². The van der Waals surface area contributed by atoms with E-state index in [1.165, 1.54) is 7.11 Å². The SMILES string of the molecule is C=C1OC(=O)O[C@@H]1[C@H](O)c1ccccc1OC. The maximum atomic E-state index is 10.9. The van der Waals surface area contributed by atoms with Crippen LogP contribution in [0.2, 0.25) is 0 Å². The van der Waals surface area contributed by atoms with Crippen LogP contribution in [0.25, 0.3) is 0 Å². The smallest absolute Gasteiger partial charge is 0.496 e. The minimum absolute atomic E-state index is 0.0911. The first-order chi connectivity index (χ1) is 8.13. The van der Waals surface area contributed by atoms with Gasteiger partial charge in [0, 0.05) is 5.56 Å². The Hall–Kier alpha value is -2.01. The predicted molar refractivity (Wildman–Crippen MR) is 58.4 cm³/mol. The number of hydrogen-bond donors (Lipinski definition) is 1. The van der Waals surface area contributed by atoms with Crippen molar-refractivity contribution < 1.29 is 24.1 Å².